The number of nitrogens with two attached hydrogens (primary N) is 1. The fraction of sp³-hybridized carbons (Fsp3) is 0.0833. The van der Waals surface area contributed by atoms with Crippen LogP contribution in [0, 0.1) is 0 Å². The monoisotopic (exact) mass is 278 g/mol. The zero-order chi connectivity index (χ0) is 13.8. The van der Waals surface area contributed by atoms with E-state index in [1.54, 1.807) is 18.2 Å². The third kappa shape index (κ3) is 3.11. The first-order valence-corrected chi connectivity index (χ1v) is 5.72. The van der Waals surface area contributed by atoms with Gasteiger partial charge in [0.2, 0.25) is 0 Å². The number of amides is 1. The molecule has 19 heavy (non-hydrogen) atoms. The molecule has 2 aromatic rings. The molecule has 6 nitrogen and oxygen atoms in total. The largest absolute Gasteiger partial charge is 0.495 e. The Kier molecular flexibility index (Phi) is 3.82. The van der Waals surface area contributed by atoms with Crippen LogP contribution in [-0.2, 0) is 0 Å². The summed E-state index contributed by atoms with van der Waals surface area (Å²) in [5.74, 6) is 0.337. The molecule has 0 radical (unpaired) electrons. The molecule has 0 saturated carbocycles. The van der Waals surface area contributed by atoms with Gasteiger partial charge in [0.25, 0.3) is 5.91 Å². The summed E-state index contributed by atoms with van der Waals surface area (Å²) in [7, 11) is 1.50. The zero-order valence-electron chi connectivity index (χ0n) is 10.1. The van der Waals surface area contributed by atoms with Crippen molar-refractivity contribution < 1.29 is 9.53 Å². The average molecular weight is 279 g/mol. The maximum atomic E-state index is 11.9. The quantitative estimate of drug-likeness (QED) is 0.896. The Balaban J connectivity index is 2.17. The third-order valence-electron chi connectivity index (χ3n) is 2.33. The lowest BCUT2D eigenvalue weighted by Gasteiger charge is -2.07. The van der Waals surface area contributed by atoms with E-state index < -0.39 is 5.91 Å². The number of aromatic nitrogens is 2. The first-order valence-electron chi connectivity index (χ1n) is 5.34. The van der Waals surface area contributed by atoms with Crippen molar-refractivity contribution in [2.75, 3.05) is 18.2 Å². The Morgan fingerprint density at radius 2 is 2.11 bits per heavy atom. The second-order valence-corrected chi connectivity index (χ2v) is 4.05. The minimum atomic E-state index is -0.392. The number of nitrogens with one attached hydrogen (secondary N) is 1. The van der Waals surface area contributed by atoms with Gasteiger partial charge in [-0.2, -0.15) is 0 Å². The van der Waals surface area contributed by atoms with Crippen molar-refractivity contribution in [3.8, 4) is 5.75 Å². The van der Waals surface area contributed by atoms with Gasteiger partial charge in [-0.1, -0.05) is 11.6 Å². The number of carbonyl (C=O) groups is 1. The minimum absolute atomic E-state index is 0.170. The first-order chi connectivity index (χ1) is 9.10. The van der Waals surface area contributed by atoms with Crippen LogP contribution in [0.2, 0.25) is 5.02 Å². The average Bonchev–Trinajstić information content (AvgIpc) is 2.41. The molecule has 2 rings (SSSR count). The van der Waals surface area contributed by atoms with Gasteiger partial charge in [0.1, 0.15) is 11.6 Å². The van der Waals surface area contributed by atoms with Crippen molar-refractivity contribution in [3.63, 3.8) is 0 Å². The van der Waals surface area contributed by atoms with E-state index in [1.807, 2.05) is 0 Å². The third-order valence-corrected chi connectivity index (χ3v) is 2.64. The van der Waals surface area contributed by atoms with Crippen LogP contribution in [-0.4, -0.2) is 23.2 Å². The highest BCUT2D eigenvalue weighted by molar-refractivity contribution is 6.32. The van der Waals surface area contributed by atoms with Gasteiger partial charge in [0.15, 0.2) is 5.69 Å². The first kappa shape index (κ1) is 13.1. The summed E-state index contributed by atoms with van der Waals surface area (Å²) in [6.07, 6.45) is 0. The van der Waals surface area contributed by atoms with Crippen LogP contribution in [0.1, 0.15) is 10.5 Å². The predicted molar refractivity (Wildman–Crippen MR) is 72.4 cm³/mol. The molecule has 0 bridgehead atoms. The van der Waals surface area contributed by atoms with Crippen LogP contribution in [0.15, 0.2) is 30.3 Å². The lowest BCUT2D eigenvalue weighted by molar-refractivity contribution is 0.102. The molecule has 7 heteroatoms. The topological polar surface area (TPSA) is 90.1 Å². The zero-order valence-corrected chi connectivity index (χ0v) is 10.8. The summed E-state index contributed by atoms with van der Waals surface area (Å²) in [4.78, 5) is 11.9. The molecule has 0 aliphatic heterocycles. The Morgan fingerprint density at radius 1 is 1.32 bits per heavy atom. The smallest absolute Gasteiger partial charge is 0.276 e. The van der Waals surface area contributed by atoms with Crippen LogP contribution < -0.4 is 15.8 Å². The fourth-order valence-electron chi connectivity index (χ4n) is 1.40. The van der Waals surface area contributed by atoms with Crippen LogP contribution in [0.5, 0.6) is 5.75 Å². The normalized spacial score (nSPS) is 10.0. The van der Waals surface area contributed by atoms with E-state index in [9.17, 15) is 4.79 Å². The van der Waals surface area contributed by atoms with Crippen molar-refractivity contribution in [1.82, 2.24) is 10.2 Å². The minimum Gasteiger partial charge on any atom is -0.495 e. The van der Waals surface area contributed by atoms with Gasteiger partial charge in [-0.3, -0.25) is 4.79 Å². The summed E-state index contributed by atoms with van der Waals surface area (Å²) in [6, 6.07) is 7.90. The molecule has 1 amide bonds. The molecule has 0 spiro atoms. The number of hydrogen-bond donors (Lipinski definition) is 2. The van der Waals surface area contributed by atoms with E-state index in [0.29, 0.717) is 16.5 Å². The Morgan fingerprint density at radius 3 is 2.74 bits per heavy atom. The van der Waals surface area contributed by atoms with Gasteiger partial charge < -0.3 is 15.8 Å². The maximum absolute atomic E-state index is 11.9. The lowest BCUT2D eigenvalue weighted by Crippen LogP contribution is -2.14. The van der Waals surface area contributed by atoms with Crippen LogP contribution in [0.25, 0.3) is 0 Å². The molecule has 98 valence electrons. The molecule has 3 N–H and O–H groups in total. The molecular weight excluding hydrogens is 268 g/mol. The number of hydrogen-bond acceptors (Lipinski definition) is 5. The predicted octanol–water partition coefficient (Wildman–Crippen LogP) is 1.97. The number of nitrogens with zero attached hydrogens (tertiary/aromatic N) is 2. The van der Waals surface area contributed by atoms with E-state index >= 15 is 0 Å². The van der Waals surface area contributed by atoms with Crippen molar-refractivity contribution in [1.29, 1.82) is 0 Å². The second kappa shape index (κ2) is 5.53. The number of ether oxygens (including phenoxy) is 1. The molecule has 0 aliphatic rings. The van der Waals surface area contributed by atoms with Crippen LogP contribution in [0.3, 0.4) is 0 Å². The maximum Gasteiger partial charge on any atom is 0.276 e. The van der Waals surface area contributed by atoms with E-state index in [0.717, 1.165) is 0 Å². The van der Waals surface area contributed by atoms with Crippen molar-refractivity contribution in [2.24, 2.45) is 0 Å². The number of halogens is 1. The highest BCUT2D eigenvalue weighted by atomic mass is 35.5. The fourth-order valence-corrected chi connectivity index (χ4v) is 1.59. The van der Waals surface area contributed by atoms with Gasteiger partial charge in [-0.05, 0) is 24.3 Å². The highest BCUT2D eigenvalue weighted by Gasteiger charge is 2.09. The van der Waals surface area contributed by atoms with Crippen molar-refractivity contribution in [3.05, 3.63) is 41.0 Å². The van der Waals surface area contributed by atoms with E-state index in [-0.39, 0.29) is 11.5 Å². The van der Waals surface area contributed by atoms with Crippen molar-refractivity contribution in [2.45, 2.75) is 0 Å². The van der Waals surface area contributed by atoms with Crippen LogP contribution in [0.4, 0.5) is 11.5 Å². The Hall–Kier alpha value is -2.34. The molecular formula is C12H11ClN4O2. The molecule has 0 aliphatic carbocycles. The molecule has 0 saturated heterocycles. The number of carbonyl (C=O) groups excluding carboxylic acids is 1. The van der Waals surface area contributed by atoms with Crippen molar-refractivity contribution >= 4 is 29.0 Å². The number of methoxy groups -OCH3 is 1. The molecule has 0 unspecified atom stereocenters. The molecule has 0 atom stereocenters. The summed E-state index contributed by atoms with van der Waals surface area (Å²) in [5, 5.41) is 10.4. The van der Waals surface area contributed by atoms with E-state index in [4.69, 9.17) is 22.1 Å². The Bertz CT molecular complexity index is 601. The van der Waals surface area contributed by atoms with Gasteiger partial charge in [-0.15, -0.1) is 10.2 Å². The number of rotatable bonds is 3. The summed E-state index contributed by atoms with van der Waals surface area (Å²) in [5.41, 5.74) is 6.11. The number of nitrogen functional groups attached to an aromatic ring is 1. The van der Waals surface area contributed by atoms with Gasteiger partial charge in [-0.25, -0.2) is 0 Å². The number of benzene rings is 1. The van der Waals surface area contributed by atoms with Gasteiger partial charge in [0.05, 0.1) is 12.1 Å². The van der Waals surface area contributed by atoms with E-state index in [1.165, 1.54) is 19.2 Å². The summed E-state index contributed by atoms with van der Waals surface area (Å²) < 4.78 is 5.06. The van der Waals surface area contributed by atoms with Crippen LogP contribution >= 0.6 is 11.6 Å². The van der Waals surface area contributed by atoms with Gasteiger partial charge in [0, 0.05) is 11.8 Å². The summed E-state index contributed by atoms with van der Waals surface area (Å²) in [6.45, 7) is 0. The second-order valence-electron chi connectivity index (χ2n) is 3.65. The molecule has 1 heterocycles. The molecule has 0 fully saturated rings. The number of anilines is 2. The summed E-state index contributed by atoms with van der Waals surface area (Å²) >= 11 is 5.89. The SMILES string of the molecule is COc1cc(NC(=O)c2ccc(N)nn2)ccc1Cl. The molecule has 1 aromatic carbocycles. The van der Waals surface area contributed by atoms with E-state index in [2.05, 4.69) is 15.5 Å². The van der Waals surface area contributed by atoms with Gasteiger partial charge >= 0.3 is 0 Å². The Labute approximate surface area is 114 Å². The molecule has 1 aromatic heterocycles. The lowest BCUT2D eigenvalue weighted by atomic mass is 10.3. The highest BCUT2D eigenvalue weighted by Crippen LogP contribution is 2.27. The standard InChI is InChI=1S/C12H11ClN4O2/c1-19-10-6-7(2-3-8(10)13)15-12(18)9-4-5-11(14)17-16-9/h2-6H,1H3,(H2,14,17)(H,15,18).